The average molecular weight is 431 g/mol. The summed E-state index contributed by atoms with van der Waals surface area (Å²) in [4.78, 5) is 4.21. The third-order valence-corrected chi connectivity index (χ3v) is 6.70. The molecule has 1 aromatic carbocycles. The summed E-state index contributed by atoms with van der Waals surface area (Å²) in [6.07, 6.45) is 8.19. The number of aryl methyl sites for hydroxylation is 1. The van der Waals surface area contributed by atoms with E-state index in [-0.39, 0.29) is 0 Å². The molecule has 1 N–H and O–H groups in total. The van der Waals surface area contributed by atoms with Crippen LogP contribution in [0.5, 0.6) is 0 Å². The highest BCUT2D eigenvalue weighted by Crippen LogP contribution is 2.38. The zero-order chi connectivity index (χ0) is 22.5. The molecule has 3 aromatic rings. The largest absolute Gasteiger partial charge is 0.421 e. The summed E-state index contributed by atoms with van der Waals surface area (Å²) in [5, 5.41) is 12.3. The Morgan fingerprint density at radius 1 is 1.09 bits per heavy atom. The van der Waals surface area contributed by atoms with Gasteiger partial charge in [-0.25, -0.2) is 0 Å². The Morgan fingerprint density at radius 3 is 2.62 bits per heavy atom. The Balaban J connectivity index is 1.40. The van der Waals surface area contributed by atoms with Crippen molar-refractivity contribution in [2.45, 2.75) is 47.1 Å². The van der Waals surface area contributed by atoms with Crippen molar-refractivity contribution < 1.29 is 4.42 Å². The van der Waals surface area contributed by atoms with Crippen molar-refractivity contribution in [2.75, 3.05) is 6.54 Å². The highest BCUT2D eigenvalue weighted by atomic mass is 16.4. The lowest BCUT2D eigenvalue weighted by Gasteiger charge is -2.37. The van der Waals surface area contributed by atoms with E-state index in [4.69, 9.17) is 4.42 Å². The molecule has 3 atom stereocenters. The number of allylic oxidation sites excluding steroid dienone is 1. The fourth-order valence-electron chi connectivity index (χ4n) is 4.75. The second kappa shape index (κ2) is 10.2. The van der Waals surface area contributed by atoms with Crippen LogP contribution in [0.2, 0.25) is 0 Å². The van der Waals surface area contributed by atoms with E-state index in [1.54, 1.807) is 0 Å². The molecule has 5 nitrogen and oxygen atoms in total. The van der Waals surface area contributed by atoms with E-state index in [1.807, 2.05) is 30.6 Å². The minimum Gasteiger partial charge on any atom is -0.421 e. The third kappa shape index (κ3) is 5.52. The minimum absolute atomic E-state index is 0.447. The molecule has 2 heterocycles. The van der Waals surface area contributed by atoms with Crippen molar-refractivity contribution in [3.63, 3.8) is 0 Å². The summed E-state index contributed by atoms with van der Waals surface area (Å²) in [5.74, 6) is 3.57. The molecule has 0 unspecified atom stereocenters. The summed E-state index contributed by atoms with van der Waals surface area (Å²) < 4.78 is 6.03. The number of rotatable bonds is 8. The van der Waals surface area contributed by atoms with Gasteiger partial charge in [0.1, 0.15) is 0 Å². The molecule has 0 aliphatic heterocycles. The summed E-state index contributed by atoms with van der Waals surface area (Å²) in [7, 11) is 0. The molecule has 0 amide bonds. The molecule has 0 fully saturated rings. The van der Waals surface area contributed by atoms with Gasteiger partial charge in [-0.15, -0.1) is 10.2 Å². The first-order chi connectivity index (χ1) is 15.5. The van der Waals surface area contributed by atoms with Crippen LogP contribution in [-0.4, -0.2) is 21.7 Å². The first-order valence-electron chi connectivity index (χ1n) is 11.7. The van der Waals surface area contributed by atoms with E-state index >= 15 is 0 Å². The Morgan fingerprint density at radius 2 is 1.91 bits per heavy atom. The monoisotopic (exact) mass is 430 g/mol. The topological polar surface area (TPSA) is 63.8 Å². The number of nitrogens with one attached hydrogen (secondary N) is 1. The first-order valence-corrected chi connectivity index (χ1v) is 11.7. The summed E-state index contributed by atoms with van der Waals surface area (Å²) in [6.45, 7) is 10.9. The van der Waals surface area contributed by atoms with Gasteiger partial charge in [0.05, 0.1) is 0 Å². The number of pyridine rings is 1. The van der Waals surface area contributed by atoms with Gasteiger partial charge in [0.25, 0.3) is 0 Å². The van der Waals surface area contributed by atoms with Crippen LogP contribution in [-0.2, 0) is 13.0 Å². The Bertz CT molecular complexity index is 1020. The van der Waals surface area contributed by atoms with E-state index in [9.17, 15) is 0 Å². The van der Waals surface area contributed by atoms with Crippen LogP contribution >= 0.6 is 0 Å². The Labute approximate surface area is 191 Å². The van der Waals surface area contributed by atoms with Crippen LogP contribution < -0.4 is 5.32 Å². The fourth-order valence-corrected chi connectivity index (χ4v) is 4.75. The van der Waals surface area contributed by atoms with Gasteiger partial charge in [0.2, 0.25) is 11.8 Å². The van der Waals surface area contributed by atoms with Gasteiger partial charge in [-0.3, -0.25) is 4.98 Å². The second-order valence-electron chi connectivity index (χ2n) is 9.48. The SMILES string of the molecule is CC1=C[C@@H](CNCc2cccnc2)[C@H](C(C)C)C[C@@H]1Cc1nnc(-c2ccc(C)cc2)o1. The molecule has 0 spiro atoms. The van der Waals surface area contributed by atoms with E-state index in [0.29, 0.717) is 29.6 Å². The number of aromatic nitrogens is 3. The molecule has 2 aromatic heterocycles. The molecule has 0 radical (unpaired) electrons. The Hall–Kier alpha value is -2.79. The predicted octanol–water partition coefficient (Wildman–Crippen LogP) is 5.63. The lowest BCUT2D eigenvalue weighted by atomic mass is 9.70. The highest BCUT2D eigenvalue weighted by molar-refractivity contribution is 5.52. The normalized spacial score (nSPS) is 21.0. The third-order valence-electron chi connectivity index (χ3n) is 6.70. The number of hydrogen-bond donors (Lipinski definition) is 1. The maximum absolute atomic E-state index is 6.03. The van der Waals surface area contributed by atoms with Gasteiger partial charge in [0, 0.05) is 37.5 Å². The van der Waals surface area contributed by atoms with Crippen molar-refractivity contribution >= 4 is 0 Å². The maximum Gasteiger partial charge on any atom is 0.247 e. The van der Waals surface area contributed by atoms with Gasteiger partial charge in [-0.2, -0.15) is 0 Å². The van der Waals surface area contributed by atoms with Gasteiger partial charge in [-0.05, 0) is 67.7 Å². The molecule has 168 valence electrons. The molecule has 0 saturated heterocycles. The molecule has 32 heavy (non-hydrogen) atoms. The summed E-state index contributed by atoms with van der Waals surface area (Å²) in [5.41, 5.74) is 4.86. The highest BCUT2D eigenvalue weighted by Gasteiger charge is 2.32. The van der Waals surface area contributed by atoms with E-state index in [2.05, 4.69) is 72.5 Å². The molecule has 5 heteroatoms. The smallest absolute Gasteiger partial charge is 0.247 e. The summed E-state index contributed by atoms with van der Waals surface area (Å²) >= 11 is 0. The van der Waals surface area contributed by atoms with E-state index in [1.165, 1.54) is 16.7 Å². The van der Waals surface area contributed by atoms with E-state index < -0.39 is 0 Å². The molecule has 0 saturated carbocycles. The lowest BCUT2D eigenvalue weighted by molar-refractivity contribution is 0.218. The quantitative estimate of drug-likeness (QED) is 0.470. The van der Waals surface area contributed by atoms with Crippen molar-refractivity contribution in [3.05, 3.63) is 77.5 Å². The van der Waals surface area contributed by atoms with Crippen LogP contribution in [0.4, 0.5) is 0 Å². The predicted molar refractivity (Wildman–Crippen MR) is 128 cm³/mol. The minimum atomic E-state index is 0.447. The van der Waals surface area contributed by atoms with Crippen molar-refractivity contribution in [1.29, 1.82) is 0 Å². The van der Waals surface area contributed by atoms with Crippen LogP contribution in [0.25, 0.3) is 11.5 Å². The number of nitrogens with zero attached hydrogens (tertiary/aromatic N) is 3. The Kier molecular flexibility index (Phi) is 7.15. The molecule has 4 rings (SSSR count). The molecular formula is C27H34N4O. The van der Waals surface area contributed by atoms with Crippen molar-refractivity contribution in [3.8, 4) is 11.5 Å². The van der Waals surface area contributed by atoms with Crippen molar-refractivity contribution in [1.82, 2.24) is 20.5 Å². The van der Waals surface area contributed by atoms with Gasteiger partial charge >= 0.3 is 0 Å². The second-order valence-corrected chi connectivity index (χ2v) is 9.48. The number of hydrogen-bond acceptors (Lipinski definition) is 5. The fraction of sp³-hybridized carbons (Fsp3) is 0.444. The average Bonchev–Trinajstić information content (AvgIpc) is 3.25. The van der Waals surface area contributed by atoms with Crippen LogP contribution in [0.15, 0.2) is 64.9 Å². The zero-order valence-electron chi connectivity index (χ0n) is 19.6. The number of benzene rings is 1. The van der Waals surface area contributed by atoms with Crippen LogP contribution in [0.3, 0.4) is 0 Å². The van der Waals surface area contributed by atoms with Crippen molar-refractivity contribution in [2.24, 2.45) is 23.7 Å². The summed E-state index contributed by atoms with van der Waals surface area (Å²) in [6, 6.07) is 12.3. The molecule has 1 aliphatic rings. The molecule has 1 aliphatic carbocycles. The van der Waals surface area contributed by atoms with Gasteiger partial charge in [-0.1, -0.05) is 49.3 Å². The maximum atomic E-state index is 6.03. The zero-order valence-corrected chi connectivity index (χ0v) is 19.6. The molecular weight excluding hydrogens is 396 g/mol. The van der Waals surface area contributed by atoms with Gasteiger partial charge in [0.15, 0.2) is 0 Å². The lowest BCUT2D eigenvalue weighted by Crippen LogP contribution is -2.34. The van der Waals surface area contributed by atoms with Gasteiger partial charge < -0.3 is 9.73 Å². The standard InChI is InChI=1S/C27H34N4O/c1-18(2)25-13-23(14-26-30-31-27(32-26)22-9-7-19(3)8-10-22)20(4)12-24(25)17-29-16-21-6-5-11-28-15-21/h5-12,15,18,23-25,29H,13-14,16-17H2,1-4H3/t23-,24+,25+/m1/s1. The van der Waals surface area contributed by atoms with Crippen LogP contribution in [0.1, 0.15) is 44.2 Å². The van der Waals surface area contributed by atoms with E-state index in [0.717, 1.165) is 37.4 Å². The van der Waals surface area contributed by atoms with Crippen LogP contribution in [0, 0.1) is 30.6 Å². The molecule has 0 bridgehead atoms. The first kappa shape index (κ1) is 22.4.